The van der Waals surface area contributed by atoms with Crippen molar-refractivity contribution >= 4 is 0 Å². The van der Waals surface area contributed by atoms with Gasteiger partial charge in [0.1, 0.15) is 5.75 Å². The molecular formula is C18H19NO2. The fourth-order valence-corrected chi connectivity index (χ4v) is 3.40. The van der Waals surface area contributed by atoms with Crippen molar-refractivity contribution in [3.8, 4) is 5.75 Å². The van der Waals surface area contributed by atoms with Crippen molar-refractivity contribution in [2.45, 2.75) is 31.5 Å². The SMILES string of the molecule is OC1Cc2ccccc2C1NCc1ccc2c(c1)CCO2. The predicted octanol–water partition coefficient (Wildman–Crippen LogP) is 2.37. The van der Waals surface area contributed by atoms with Gasteiger partial charge >= 0.3 is 0 Å². The lowest BCUT2D eigenvalue weighted by Gasteiger charge is -2.18. The molecule has 1 heterocycles. The first-order valence-electron chi connectivity index (χ1n) is 7.55. The number of benzene rings is 2. The molecule has 0 bridgehead atoms. The molecule has 0 radical (unpaired) electrons. The first-order valence-corrected chi connectivity index (χ1v) is 7.55. The van der Waals surface area contributed by atoms with Crippen molar-refractivity contribution in [3.05, 3.63) is 64.7 Å². The van der Waals surface area contributed by atoms with Crippen LogP contribution in [0.5, 0.6) is 5.75 Å². The molecule has 0 saturated carbocycles. The van der Waals surface area contributed by atoms with E-state index in [0.717, 1.165) is 31.7 Å². The summed E-state index contributed by atoms with van der Waals surface area (Å²) in [5.74, 6) is 1.02. The summed E-state index contributed by atoms with van der Waals surface area (Å²) >= 11 is 0. The minimum Gasteiger partial charge on any atom is -0.493 e. The highest BCUT2D eigenvalue weighted by Gasteiger charge is 2.30. The van der Waals surface area contributed by atoms with Crippen molar-refractivity contribution in [3.63, 3.8) is 0 Å². The second-order valence-electron chi connectivity index (χ2n) is 5.87. The molecule has 0 saturated heterocycles. The number of hydrogen-bond acceptors (Lipinski definition) is 3. The maximum Gasteiger partial charge on any atom is 0.122 e. The fraction of sp³-hybridized carbons (Fsp3) is 0.333. The van der Waals surface area contributed by atoms with Crippen molar-refractivity contribution in [2.75, 3.05) is 6.61 Å². The Balaban J connectivity index is 1.50. The van der Waals surface area contributed by atoms with Gasteiger partial charge < -0.3 is 15.2 Å². The van der Waals surface area contributed by atoms with Crippen LogP contribution in [0.2, 0.25) is 0 Å². The van der Waals surface area contributed by atoms with Crippen molar-refractivity contribution in [2.24, 2.45) is 0 Å². The second kappa shape index (κ2) is 5.17. The van der Waals surface area contributed by atoms with E-state index in [1.54, 1.807) is 0 Å². The van der Waals surface area contributed by atoms with E-state index in [1.165, 1.54) is 22.3 Å². The van der Waals surface area contributed by atoms with Crippen molar-refractivity contribution in [1.82, 2.24) is 5.32 Å². The summed E-state index contributed by atoms with van der Waals surface area (Å²) in [6, 6.07) is 14.7. The lowest BCUT2D eigenvalue weighted by atomic mass is 10.1. The Morgan fingerprint density at radius 1 is 1.14 bits per heavy atom. The molecule has 2 N–H and O–H groups in total. The van der Waals surface area contributed by atoms with Crippen LogP contribution in [-0.4, -0.2) is 17.8 Å². The molecule has 0 spiro atoms. The normalized spacial score (nSPS) is 22.7. The first-order chi connectivity index (χ1) is 10.3. The summed E-state index contributed by atoms with van der Waals surface area (Å²) in [6.45, 7) is 1.56. The summed E-state index contributed by atoms with van der Waals surface area (Å²) < 4.78 is 5.53. The molecule has 4 rings (SSSR count). The Morgan fingerprint density at radius 3 is 3.00 bits per heavy atom. The lowest BCUT2D eigenvalue weighted by Crippen LogP contribution is -2.28. The van der Waals surface area contributed by atoms with Crippen LogP contribution in [0.3, 0.4) is 0 Å². The van der Waals surface area contributed by atoms with Crippen molar-refractivity contribution < 1.29 is 9.84 Å². The molecule has 2 aromatic rings. The van der Waals surface area contributed by atoms with Gasteiger partial charge in [-0.05, 0) is 28.3 Å². The van der Waals surface area contributed by atoms with Crippen LogP contribution < -0.4 is 10.1 Å². The van der Waals surface area contributed by atoms with Gasteiger partial charge in [-0.3, -0.25) is 0 Å². The van der Waals surface area contributed by atoms with Gasteiger partial charge in [-0.25, -0.2) is 0 Å². The third-order valence-electron chi connectivity index (χ3n) is 4.48. The van der Waals surface area contributed by atoms with Crippen LogP contribution in [0, 0.1) is 0 Å². The monoisotopic (exact) mass is 281 g/mol. The summed E-state index contributed by atoms with van der Waals surface area (Å²) in [6.07, 6.45) is 1.41. The maximum atomic E-state index is 10.3. The highest BCUT2D eigenvalue weighted by Crippen LogP contribution is 2.32. The number of aliphatic hydroxyl groups is 1. The Kier molecular flexibility index (Phi) is 3.17. The molecule has 2 unspecified atom stereocenters. The predicted molar refractivity (Wildman–Crippen MR) is 81.4 cm³/mol. The lowest BCUT2D eigenvalue weighted by molar-refractivity contribution is 0.140. The van der Waals surface area contributed by atoms with Gasteiger partial charge in [0.25, 0.3) is 0 Å². The van der Waals surface area contributed by atoms with E-state index in [-0.39, 0.29) is 12.1 Å². The van der Waals surface area contributed by atoms with Gasteiger partial charge in [0, 0.05) is 19.4 Å². The van der Waals surface area contributed by atoms with Gasteiger partial charge in [-0.2, -0.15) is 0 Å². The van der Waals surface area contributed by atoms with E-state index in [4.69, 9.17) is 4.74 Å². The first kappa shape index (κ1) is 12.9. The molecule has 0 amide bonds. The zero-order chi connectivity index (χ0) is 14.2. The highest BCUT2D eigenvalue weighted by atomic mass is 16.5. The molecule has 0 fully saturated rings. The van der Waals surface area contributed by atoms with Gasteiger partial charge in [0.05, 0.1) is 18.8 Å². The molecule has 21 heavy (non-hydrogen) atoms. The Hall–Kier alpha value is -1.84. The average molecular weight is 281 g/mol. The number of fused-ring (bicyclic) bond motifs is 2. The molecule has 3 nitrogen and oxygen atoms in total. The standard InChI is InChI=1S/C18H19NO2/c20-16-10-13-3-1-2-4-15(13)18(16)19-11-12-5-6-17-14(9-12)7-8-21-17/h1-6,9,16,18-20H,7-8,10-11H2. The van der Waals surface area contributed by atoms with E-state index in [2.05, 4.69) is 35.6 Å². The Labute approximate surface area is 124 Å². The highest BCUT2D eigenvalue weighted by molar-refractivity contribution is 5.40. The van der Waals surface area contributed by atoms with Gasteiger partial charge in [0.15, 0.2) is 0 Å². The van der Waals surface area contributed by atoms with Crippen LogP contribution in [0.4, 0.5) is 0 Å². The van der Waals surface area contributed by atoms with Gasteiger partial charge in [-0.15, -0.1) is 0 Å². The van der Waals surface area contributed by atoms with E-state index in [0.29, 0.717) is 0 Å². The maximum absolute atomic E-state index is 10.3. The molecular weight excluding hydrogens is 262 g/mol. The second-order valence-corrected chi connectivity index (χ2v) is 5.87. The molecule has 108 valence electrons. The molecule has 1 aliphatic carbocycles. The molecule has 2 aliphatic rings. The van der Waals surface area contributed by atoms with Crippen LogP contribution in [-0.2, 0) is 19.4 Å². The van der Waals surface area contributed by atoms with Crippen LogP contribution in [0.15, 0.2) is 42.5 Å². The summed E-state index contributed by atoms with van der Waals surface area (Å²) in [5.41, 5.74) is 5.02. The number of ether oxygens (including phenoxy) is 1. The third kappa shape index (κ3) is 2.33. The van der Waals surface area contributed by atoms with Crippen LogP contribution in [0.1, 0.15) is 28.3 Å². The van der Waals surface area contributed by atoms with Crippen molar-refractivity contribution in [1.29, 1.82) is 0 Å². The van der Waals surface area contributed by atoms with E-state index in [9.17, 15) is 5.11 Å². The largest absolute Gasteiger partial charge is 0.493 e. The number of aliphatic hydroxyl groups excluding tert-OH is 1. The fourth-order valence-electron chi connectivity index (χ4n) is 3.40. The van der Waals surface area contributed by atoms with Crippen LogP contribution >= 0.6 is 0 Å². The summed E-state index contributed by atoms with van der Waals surface area (Å²) in [5, 5.41) is 13.8. The molecule has 2 atom stereocenters. The smallest absolute Gasteiger partial charge is 0.122 e. The van der Waals surface area contributed by atoms with E-state index >= 15 is 0 Å². The Bertz CT molecular complexity index is 668. The van der Waals surface area contributed by atoms with Gasteiger partial charge in [0.2, 0.25) is 0 Å². The topological polar surface area (TPSA) is 41.5 Å². The molecule has 3 heteroatoms. The Morgan fingerprint density at radius 2 is 2.05 bits per heavy atom. The molecule has 1 aliphatic heterocycles. The summed E-state index contributed by atoms with van der Waals surface area (Å²) in [7, 11) is 0. The molecule has 0 aromatic heterocycles. The minimum absolute atomic E-state index is 0.0331. The average Bonchev–Trinajstić information content (AvgIpc) is 3.08. The summed E-state index contributed by atoms with van der Waals surface area (Å²) in [4.78, 5) is 0. The van der Waals surface area contributed by atoms with Gasteiger partial charge in [-0.1, -0.05) is 36.4 Å². The van der Waals surface area contributed by atoms with E-state index in [1.807, 2.05) is 12.1 Å². The molecule has 2 aromatic carbocycles. The third-order valence-corrected chi connectivity index (χ3v) is 4.48. The number of nitrogens with one attached hydrogen (secondary N) is 1. The number of rotatable bonds is 3. The quantitative estimate of drug-likeness (QED) is 0.907. The zero-order valence-electron chi connectivity index (χ0n) is 11.9. The van der Waals surface area contributed by atoms with E-state index < -0.39 is 0 Å². The number of hydrogen-bond donors (Lipinski definition) is 2. The minimum atomic E-state index is -0.333. The van der Waals surface area contributed by atoms with Crippen LogP contribution in [0.25, 0.3) is 0 Å². The zero-order valence-corrected chi connectivity index (χ0v) is 11.9.